The molecule has 1 aromatic heterocycles. The van der Waals surface area contributed by atoms with Gasteiger partial charge < -0.3 is 19.7 Å². The maximum absolute atomic E-state index is 12.9. The van der Waals surface area contributed by atoms with Crippen molar-refractivity contribution in [2.45, 2.75) is 39.2 Å². The first kappa shape index (κ1) is 22.6. The lowest BCUT2D eigenvalue weighted by atomic mass is 9.94. The predicted octanol–water partition coefficient (Wildman–Crippen LogP) is 3.98. The molecule has 33 heavy (non-hydrogen) atoms. The minimum Gasteiger partial charge on any atom is -0.481 e. The molecule has 1 amide bonds. The molecule has 0 bridgehead atoms. The Labute approximate surface area is 192 Å². The fourth-order valence-corrected chi connectivity index (χ4v) is 4.60. The average molecular weight is 449 g/mol. The Balaban J connectivity index is 1.55. The van der Waals surface area contributed by atoms with Gasteiger partial charge in [-0.15, -0.1) is 0 Å². The Morgan fingerprint density at radius 3 is 2.73 bits per heavy atom. The van der Waals surface area contributed by atoms with Crippen molar-refractivity contribution < 1.29 is 19.4 Å². The van der Waals surface area contributed by atoms with E-state index in [1.165, 1.54) is 0 Å². The second-order valence-corrected chi connectivity index (χ2v) is 8.70. The number of amides is 1. The minimum atomic E-state index is -0.843. The zero-order chi connectivity index (χ0) is 23.5. The highest BCUT2D eigenvalue weighted by atomic mass is 16.5. The summed E-state index contributed by atoms with van der Waals surface area (Å²) in [5.41, 5.74) is 2.85. The van der Waals surface area contributed by atoms with Crippen molar-refractivity contribution in [1.82, 2.24) is 9.88 Å². The van der Waals surface area contributed by atoms with Crippen LogP contribution in [0, 0.1) is 12.8 Å². The Bertz CT molecular complexity index is 1250. The van der Waals surface area contributed by atoms with E-state index in [1.807, 2.05) is 37.3 Å². The lowest BCUT2D eigenvalue weighted by Gasteiger charge is -2.33. The molecule has 1 fully saturated rings. The minimum absolute atomic E-state index is 0.0357. The third-order valence-corrected chi connectivity index (χ3v) is 6.26. The monoisotopic (exact) mass is 448 g/mol. The smallest absolute Gasteiger partial charge is 0.303 e. The normalized spacial score (nSPS) is 17.0. The van der Waals surface area contributed by atoms with Gasteiger partial charge in [-0.2, -0.15) is 0 Å². The molecule has 7 nitrogen and oxygen atoms in total. The first-order valence-corrected chi connectivity index (χ1v) is 11.2. The van der Waals surface area contributed by atoms with Gasteiger partial charge in [0.15, 0.2) is 6.10 Å². The summed E-state index contributed by atoms with van der Waals surface area (Å²) >= 11 is 0. The molecule has 2 aromatic carbocycles. The van der Waals surface area contributed by atoms with E-state index in [2.05, 4.69) is 4.98 Å². The number of benzene rings is 2. The average Bonchev–Trinajstić information content (AvgIpc) is 2.79. The van der Waals surface area contributed by atoms with Crippen LogP contribution in [-0.4, -0.2) is 46.1 Å². The molecular formula is C26H28N2O5. The SMILES string of the molecule is Cc1ccccc1-c1c[nH]c(=O)c2cc(O[C@H](C)C(=O)N3CCC[C@H](CC(=O)O)C3)ccc12. The number of nitrogens with zero attached hydrogens (tertiary/aromatic N) is 1. The Morgan fingerprint density at radius 2 is 1.97 bits per heavy atom. The highest BCUT2D eigenvalue weighted by Crippen LogP contribution is 2.31. The van der Waals surface area contributed by atoms with Crippen molar-refractivity contribution in [3.05, 3.63) is 64.6 Å². The predicted molar refractivity (Wildman–Crippen MR) is 126 cm³/mol. The number of aromatic nitrogens is 1. The largest absolute Gasteiger partial charge is 0.481 e. The number of rotatable bonds is 6. The molecule has 0 aliphatic carbocycles. The van der Waals surface area contributed by atoms with Crippen LogP contribution in [0.15, 0.2) is 53.5 Å². The number of nitrogens with one attached hydrogen (secondary N) is 1. The van der Waals surface area contributed by atoms with Gasteiger partial charge in [-0.05, 0) is 67.3 Å². The maximum atomic E-state index is 12.9. The quantitative estimate of drug-likeness (QED) is 0.594. The summed E-state index contributed by atoms with van der Waals surface area (Å²) in [6, 6.07) is 13.3. The molecule has 0 spiro atoms. The van der Waals surface area contributed by atoms with E-state index in [0.717, 1.165) is 34.9 Å². The molecule has 2 heterocycles. The van der Waals surface area contributed by atoms with Crippen LogP contribution < -0.4 is 10.3 Å². The number of ether oxygens (including phenoxy) is 1. The second-order valence-electron chi connectivity index (χ2n) is 8.70. The van der Waals surface area contributed by atoms with Gasteiger partial charge in [0.2, 0.25) is 0 Å². The molecule has 1 aliphatic rings. The molecule has 172 valence electrons. The van der Waals surface area contributed by atoms with Crippen LogP contribution in [0.5, 0.6) is 5.75 Å². The van der Waals surface area contributed by atoms with Crippen LogP contribution in [0.25, 0.3) is 21.9 Å². The highest BCUT2D eigenvalue weighted by molar-refractivity contribution is 5.97. The van der Waals surface area contributed by atoms with Crippen LogP contribution in [-0.2, 0) is 9.59 Å². The lowest BCUT2D eigenvalue weighted by molar-refractivity contribution is -0.143. The number of aryl methyl sites for hydroxylation is 1. The van der Waals surface area contributed by atoms with E-state index in [1.54, 1.807) is 30.2 Å². The number of hydrogen-bond donors (Lipinski definition) is 2. The van der Waals surface area contributed by atoms with E-state index < -0.39 is 12.1 Å². The molecule has 3 aromatic rings. The van der Waals surface area contributed by atoms with Crippen LogP contribution in [0.3, 0.4) is 0 Å². The molecule has 0 radical (unpaired) electrons. The number of fused-ring (bicyclic) bond motifs is 1. The molecule has 7 heteroatoms. The van der Waals surface area contributed by atoms with Crippen molar-refractivity contribution in [2.24, 2.45) is 5.92 Å². The molecule has 1 aliphatic heterocycles. The number of hydrogen-bond acceptors (Lipinski definition) is 4. The fraction of sp³-hybridized carbons (Fsp3) is 0.346. The zero-order valence-electron chi connectivity index (χ0n) is 18.8. The molecule has 0 unspecified atom stereocenters. The Hall–Kier alpha value is -3.61. The van der Waals surface area contributed by atoms with Gasteiger partial charge in [0.05, 0.1) is 5.39 Å². The van der Waals surface area contributed by atoms with E-state index in [-0.39, 0.29) is 23.8 Å². The van der Waals surface area contributed by atoms with Gasteiger partial charge >= 0.3 is 5.97 Å². The third kappa shape index (κ3) is 4.92. The summed E-state index contributed by atoms with van der Waals surface area (Å²) in [6.07, 6.45) is 2.63. The fourth-order valence-electron chi connectivity index (χ4n) is 4.60. The lowest BCUT2D eigenvalue weighted by Crippen LogP contribution is -2.46. The zero-order valence-corrected chi connectivity index (χ0v) is 18.8. The summed E-state index contributed by atoms with van der Waals surface area (Å²) in [5.74, 6) is -0.612. The molecule has 0 saturated carbocycles. The molecule has 2 N–H and O–H groups in total. The van der Waals surface area contributed by atoms with Gasteiger partial charge in [0.25, 0.3) is 11.5 Å². The highest BCUT2D eigenvalue weighted by Gasteiger charge is 2.29. The number of piperidine rings is 1. The van der Waals surface area contributed by atoms with Gasteiger partial charge in [0, 0.05) is 31.3 Å². The number of H-pyrrole nitrogens is 1. The maximum Gasteiger partial charge on any atom is 0.303 e. The molecule has 2 atom stereocenters. The number of pyridine rings is 1. The standard InChI is InChI=1S/C26H28N2O5/c1-16-6-3-4-8-20(16)23-14-27-25(31)22-13-19(9-10-21(22)23)33-17(2)26(32)28-11-5-7-18(15-28)12-24(29)30/h3-4,6,8-10,13-14,17-18H,5,7,11-12,15H2,1-2H3,(H,27,31)(H,29,30)/t17-,18-/m1/s1. The van der Waals surface area contributed by atoms with Crippen LogP contribution >= 0.6 is 0 Å². The molecule has 4 rings (SSSR count). The second kappa shape index (κ2) is 9.48. The number of aromatic amines is 1. The van der Waals surface area contributed by atoms with E-state index in [0.29, 0.717) is 24.2 Å². The van der Waals surface area contributed by atoms with Gasteiger partial charge in [-0.1, -0.05) is 24.3 Å². The number of aliphatic carboxylic acids is 1. The number of carbonyl (C=O) groups is 2. The van der Waals surface area contributed by atoms with Crippen molar-refractivity contribution in [2.75, 3.05) is 13.1 Å². The third-order valence-electron chi connectivity index (χ3n) is 6.26. The van der Waals surface area contributed by atoms with Gasteiger partial charge in [-0.25, -0.2) is 0 Å². The Kier molecular flexibility index (Phi) is 6.49. The first-order valence-electron chi connectivity index (χ1n) is 11.2. The van der Waals surface area contributed by atoms with E-state index in [4.69, 9.17) is 9.84 Å². The van der Waals surface area contributed by atoms with Gasteiger partial charge in [0.1, 0.15) is 5.75 Å². The molecule has 1 saturated heterocycles. The van der Waals surface area contributed by atoms with Crippen LogP contribution in [0.4, 0.5) is 0 Å². The summed E-state index contributed by atoms with van der Waals surface area (Å²) < 4.78 is 5.92. The summed E-state index contributed by atoms with van der Waals surface area (Å²) in [5, 5.41) is 10.4. The van der Waals surface area contributed by atoms with Gasteiger partial charge in [-0.3, -0.25) is 14.4 Å². The van der Waals surface area contributed by atoms with Crippen LogP contribution in [0.1, 0.15) is 31.7 Å². The number of carboxylic acids is 1. The number of carbonyl (C=O) groups excluding carboxylic acids is 1. The summed E-state index contributed by atoms with van der Waals surface area (Å²) in [7, 11) is 0. The molecular weight excluding hydrogens is 420 g/mol. The van der Waals surface area contributed by atoms with Crippen molar-refractivity contribution in [3.8, 4) is 16.9 Å². The number of carboxylic acid groups (broad SMARTS) is 1. The van der Waals surface area contributed by atoms with Crippen molar-refractivity contribution in [3.63, 3.8) is 0 Å². The first-order chi connectivity index (χ1) is 15.8. The topological polar surface area (TPSA) is 99.7 Å². The van der Waals surface area contributed by atoms with Crippen LogP contribution in [0.2, 0.25) is 0 Å². The van der Waals surface area contributed by atoms with E-state index >= 15 is 0 Å². The summed E-state index contributed by atoms with van der Waals surface area (Å²) in [4.78, 5) is 41.0. The summed E-state index contributed by atoms with van der Waals surface area (Å²) in [6.45, 7) is 4.73. The Morgan fingerprint density at radius 1 is 1.18 bits per heavy atom. The van der Waals surface area contributed by atoms with Crippen molar-refractivity contribution >= 4 is 22.6 Å². The number of likely N-dealkylation sites (tertiary alicyclic amines) is 1. The van der Waals surface area contributed by atoms with Crippen molar-refractivity contribution in [1.29, 1.82) is 0 Å². The van der Waals surface area contributed by atoms with E-state index in [9.17, 15) is 14.4 Å².